The van der Waals surface area contributed by atoms with Gasteiger partial charge in [-0.05, 0) is 30.7 Å². The van der Waals surface area contributed by atoms with Crippen molar-refractivity contribution in [1.29, 1.82) is 0 Å². The van der Waals surface area contributed by atoms with E-state index < -0.39 is 29.9 Å². The first-order valence-corrected chi connectivity index (χ1v) is 6.74. The molecule has 0 spiro atoms. The first-order chi connectivity index (χ1) is 10.3. The molecule has 22 heavy (non-hydrogen) atoms. The summed E-state index contributed by atoms with van der Waals surface area (Å²) in [5.74, 6) is -2.90. The molecule has 0 unspecified atom stereocenters. The van der Waals surface area contributed by atoms with Crippen molar-refractivity contribution in [3.8, 4) is 5.75 Å². The third kappa shape index (κ3) is 3.68. The lowest BCUT2D eigenvalue weighted by atomic mass is 9.86. The number of amides is 1. The predicted molar refractivity (Wildman–Crippen MR) is 71.2 cm³/mol. The molecule has 1 aliphatic rings. The molecule has 1 fully saturated rings. The summed E-state index contributed by atoms with van der Waals surface area (Å²) in [6.07, 6.45) is -4.44. The molecule has 0 bridgehead atoms. The van der Waals surface area contributed by atoms with Gasteiger partial charge in [-0.15, -0.1) is 0 Å². The van der Waals surface area contributed by atoms with Gasteiger partial charge in [-0.1, -0.05) is 6.07 Å². The van der Waals surface area contributed by atoms with Crippen molar-refractivity contribution in [3.63, 3.8) is 0 Å². The smallest absolute Gasteiger partial charge is 0.471 e. The number of hydrogen-bond donors (Lipinski definition) is 2. The molecule has 0 saturated carbocycles. The van der Waals surface area contributed by atoms with Gasteiger partial charge < -0.3 is 15.4 Å². The van der Waals surface area contributed by atoms with Crippen LogP contribution in [0.3, 0.4) is 0 Å². The van der Waals surface area contributed by atoms with Gasteiger partial charge in [-0.25, -0.2) is 4.39 Å². The molecular formula is C14H16F4N2O2. The molecule has 1 amide bonds. The van der Waals surface area contributed by atoms with Crippen molar-refractivity contribution in [2.24, 2.45) is 0 Å². The van der Waals surface area contributed by atoms with Gasteiger partial charge in [0.15, 0.2) is 11.6 Å². The van der Waals surface area contributed by atoms with E-state index >= 15 is 0 Å². The molecule has 1 aromatic rings. The minimum atomic E-state index is -4.94. The van der Waals surface area contributed by atoms with Crippen LogP contribution in [-0.2, 0) is 4.79 Å². The Bertz CT molecular complexity index is 548. The zero-order valence-electron chi connectivity index (χ0n) is 11.8. The number of rotatable bonds is 3. The maximum Gasteiger partial charge on any atom is 0.471 e. The zero-order chi connectivity index (χ0) is 16.3. The van der Waals surface area contributed by atoms with E-state index in [2.05, 4.69) is 5.32 Å². The quantitative estimate of drug-likeness (QED) is 0.837. The Balaban J connectivity index is 2.19. The highest BCUT2D eigenvalue weighted by Gasteiger charge is 2.41. The molecule has 0 aromatic heterocycles. The molecule has 4 nitrogen and oxygen atoms in total. The van der Waals surface area contributed by atoms with Gasteiger partial charge in [0.1, 0.15) is 0 Å². The molecule has 122 valence electrons. The van der Waals surface area contributed by atoms with E-state index in [4.69, 9.17) is 4.74 Å². The van der Waals surface area contributed by atoms with Gasteiger partial charge in [0.25, 0.3) is 0 Å². The molecular weight excluding hydrogens is 304 g/mol. The molecule has 2 N–H and O–H groups in total. The van der Waals surface area contributed by atoms with Crippen LogP contribution in [0.2, 0.25) is 0 Å². The molecule has 1 saturated heterocycles. The third-order valence-corrected chi connectivity index (χ3v) is 3.66. The third-order valence-electron chi connectivity index (χ3n) is 3.66. The van der Waals surface area contributed by atoms with Crippen LogP contribution >= 0.6 is 0 Å². The highest BCUT2D eigenvalue weighted by molar-refractivity contribution is 5.82. The number of piperidine rings is 1. The van der Waals surface area contributed by atoms with Crippen molar-refractivity contribution in [2.45, 2.75) is 24.6 Å². The summed E-state index contributed by atoms with van der Waals surface area (Å²) in [5.41, 5.74) is 0.535. The first-order valence-electron chi connectivity index (χ1n) is 6.74. The van der Waals surface area contributed by atoms with E-state index in [0.717, 1.165) is 0 Å². The van der Waals surface area contributed by atoms with E-state index in [1.165, 1.54) is 19.2 Å². The fraction of sp³-hybridized carbons (Fsp3) is 0.500. The first kappa shape index (κ1) is 16.5. The number of carbonyl (C=O) groups is 1. The number of hydrogen-bond acceptors (Lipinski definition) is 3. The van der Waals surface area contributed by atoms with Gasteiger partial charge >= 0.3 is 12.1 Å². The average molecular weight is 320 g/mol. The second-order valence-corrected chi connectivity index (χ2v) is 5.07. The van der Waals surface area contributed by atoms with Gasteiger partial charge in [-0.2, -0.15) is 13.2 Å². The van der Waals surface area contributed by atoms with Crippen molar-refractivity contribution >= 4 is 5.91 Å². The summed E-state index contributed by atoms with van der Waals surface area (Å²) in [6.45, 7) is 0.775. The summed E-state index contributed by atoms with van der Waals surface area (Å²) >= 11 is 0. The lowest BCUT2D eigenvalue weighted by Crippen LogP contribution is -2.53. The molecule has 0 radical (unpaired) electrons. The topological polar surface area (TPSA) is 50.4 Å². The number of benzene rings is 1. The Hall–Kier alpha value is -1.83. The van der Waals surface area contributed by atoms with Crippen LogP contribution in [0.25, 0.3) is 0 Å². The molecule has 1 aromatic carbocycles. The standard InChI is InChI=1S/C14H16F4N2O2/c1-22-12-3-2-8(6-10(12)15)9-4-5-19-7-11(9)20-13(21)14(16,17)18/h2-3,6,9,11,19H,4-5,7H2,1H3,(H,20,21)/t9-,11-/m1/s1. The predicted octanol–water partition coefficient (Wildman–Crippen LogP) is 1.96. The van der Waals surface area contributed by atoms with E-state index in [0.29, 0.717) is 18.5 Å². The largest absolute Gasteiger partial charge is 0.494 e. The van der Waals surface area contributed by atoms with Crippen LogP contribution in [0, 0.1) is 5.82 Å². The number of ether oxygens (including phenoxy) is 1. The number of nitrogens with one attached hydrogen (secondary N) is 2. The molecule has 1 aliphatic heterocycles. The highest BCUT2D eigenvalue weighted by atomic mass is 19.4. The fourth-order valence-electron chi connectivity index (χ4n) is 2.57. The molecule has 1 heterocycles. The van der Waals surface area contributed by atoms with Crippen molar-refractivity contribution in [2.75, 3.05) is 20.2 Å². The minimum absolute atomic E-state index is 0.0635. The van der Waals surface area contributed by atoms with Crippen LogP contribution in [0.5, 0.6) is 5.75 Å². The van der Waals surface area contributed by atoms with Gasteiger partial charge in [0, 0.05) is 18.5 Å². The Morgan fingerprint density at radius 2 is 2.14 bits per heavy atom. The molecule has 2 atom stereocenters. The maximum atomic E-state index is 13.8. The Morgan fingerprint density at radius 3 is 2.73 bits per heavy atom. The Morgan fingerprint density at radius 1 is 1.41 bits per heavy atom. The van der Waals surface area contributed by atoms with Crippen LogP contribution in [0.1, 0.15) is 17.9 Å². The van der Waals surface area contributed by atoms with E-state index in [1.807, 2.05) is 5.32 Å². The molecule has 0 aliphatic carbocycles. The van der Waals surface area contributed by atoms with Crippen molar-refractivity contribution in [1.82, 2.24) is 10.6 Å². The minimum Gasteiger partial charge on any atom is -0.494 e. The Labute approximate surface area is 124 Å². The number of alkyl halides is 3. The SMILES string of the molecule is COc1ccc([C@H]2CCNC[C@H]2NC(=O)C(F)(F)F)cc1F. The lowest BCUT2D eigenvalue weighted by molar-refractivity contribution is -0.174. The summed E-state index contributed by atoms with van der Waals surface area (Å²) in [6, 6.07) is 3.51. The molecule has 8 heteroatoms. The maximum absolute atomic E-state index is 13.8. The van der Waals surface area contributed by atoms with E-state index in [-0.39, 0.29) is 12.3 Å². The van der Waals surface area contributed by atoms with Crippen LogP contribution in [0.15, 0.2) is 18.2 Å². The Kier molecular flexibility index (Phi) is 4.90. The van der Waals surface area contributed by atoms with Crippen molar-refractivity contribution in [3.05, 3.63) is 29.6 Å². The van der Waals surface area contributed by atoms with Gasteiger partial charge in [0.2, 0.25) is 0 Å². The van der Waals surface area contributed by atoms with Crippen LogP contribution in [-0.4, -0.2) is 38.3 Å². The van der Waals surface area contributed by atoms with Crippen LogP contribution in [0.4, 0.5) is 17.6 Å². The second-order valence-electron chi connectivity index (χ2n) is 5.07. The van der Waals surface area contributed by atoms with Crippen molar-refractivity contribution < 1.29 is 27.1 Å². The summed E-state index contributed by atoms with van der Waals surface area (Å²) in [5, 5.41) is 4.90. The van der Waals surface area contributed by atoms with E-state index in [9.17, 15) is 22.4 Å². The summed E-state index contributed by atoms with van der Waals surface area (Å²) in [4.78, 5) is 11.1. The zero-order valence-corrected chi connectivity index (χ0v) is 11.8. The number of halogens is 4. The summed E-state index contributed by atoms with van der Waals surface area (Å²) < 4.78 is 55.8. The second kappa shape index (κ2) is 6.51. The van der Waals surface area contributed by atoms with E-state index in [1.54, 1.807) is 6.07 Å². The van der Waals surface area contributed by atoms with Gasteiger partial charge in [0.05, 0.1) is 7.11 Å². The number of methoxy groups -OCH3 is 1. The van der Waals surface area contributed by atoms with Crippen LogP contribution < -0.4 is 15.4 Å². The highest BCUT2D eigenvalue weighted by Crippen LogP contribution is 2.29. The summed E-state index contributed by atoms with van der Waals surface area (Å²) in [7, 11) is 1.33. The monoisotopic (exact) mass is 320 g/mol. The lowest BCUT2D eigenvalue weighted by Gasteiger charge is -2.33. The normalized spacial score (nSPS) is 22.2. The molecule has 2 rings (SSSR count). The average Bonchev–Trinajstić information content (AvgIpc) is 2.46. The fourth-order valence-corrected chi connectivity index (χ4v) is 2.57. The number of carbonyl (C=O) groups excluding carboxylic acids is 1. The van der Waals surface area contributed by atoms with Gasteiger partial charge in [-0.3, -0.25) is 4.79 Å².